The molecule has 0 rings (SSSR count). The molecule has 0 radical (unpaired) electrons. The summed E-state index contributed by atoms with van der Waals surface area (Å²) in [5.74, 6) is -0.841. The Hall–Kier alpha value is 0.0274. The van der Waals surface area contributed by atoms with Gasteiger partial charge in [-0.2, -0.15) is 0 Å². The molecule has 0 aliphatic heterocycles. The molecule has 0 aromatic rings. The van der Waals surface area contributed by atoms with E-state index in [1.54, 1.807) is 0 Å². The van der Waals surface area contributed by atoms with Gasteiger partial charge in [0.15, 0.2) is 0 Å². The smallest absolute Gasteiger partial charge is 1.00 e. The molecule has 4 heteroatoms. The maximum Gasteiger partial charge on any atom is 1.00 e. The van der Waals surface area contributed by atoms with Gasteiger partial charge in [0.05, 0.1) is 0 Å². The Balaban J connectivity index is -0.000000320. The van der Waals surface area contributed by atoms with Gasteiger partial charge < -0.3 is 12.3 Å². The zero-order valence-electron chi connectivity index (χ0n) is 7.79. The average Bonchev–Trinajstić information content (AvgIpc) is 1.84. The van der Waals surface area contributed by atoms with Crippen LogP contribution in [0.4, 0.5) is 0 Å². The molecule has 0 unspecified atom stereocenters. The fourth-order valence-corrected chi connectivity index (χ4v) is 0.497. The Morgan fingerprint density at radius 3 is 2.30 bits per heavy atom. The summed E-state index contributed by atoms with van der Waals surface area (Å²) in [7, 11) is 0. The van der Waals surface area contributed by atoms with Crippen LogP contribution in [-0.4, -0.2) is 17.1 Å². The number of aliphatic carboxylic acids is 1. The van der Waals surface area contributed by atoms with Crippen LogP contribution in [0.25, 0.3) is 0 Å². The fraction of sp³-hybridized carbons (Fsp3) is 0.833. The quantitative estimate of drug-likeness (QED) is 0.427. The number of carbonyl (C=O) groups is 1. The van der Waals surface area contributed by atoms with E-state index in [0.717, 1.165) is 6.42 Å². The van der Waals surface area contributed by atoms with Gasteiger partial charge in [0, 0.05) is 0 Å². The van der Waals surface area contributed by atoms with Crippen LogP contribution in [0.3, 0.4) is 0 Å². The summed E-state index contributed by atoms with van der Waals surface area (Å²) in [6.45, 7) is 3.76. The minimum absolute atomic E-state index is 0. The maximum absolute atomic E-state index is 10.2. The molecule has 0 heterocycles. The standard InChI is InChI=1S/C6H13NO2.Li.H/c1-3-4(2)5(7)6(8)9;;/h4-5H,3,7H2,1-2H3,(H,8,9);;/q;+1;-1/t4-,5-;;/m0../s1. The molecule has 0 amide bonds. The van der Waals surface area contributed by atoms with E-state index in [1.807, 2.05) is 13.8 Å². The van der Waals surface area contributed by atoms with Gasteiger partial charge >= 0.3 is 24.8 Å². The van der Waals surface area contributed by atoms with Crippen molar-refractivity contribution in [3.05, 3.63) is 0 Å². The minimum Gasteiger partial charge on any atom is -1.00 e. The Morgan fingerprint density at radius 2 is 2.20 bits per heavy atom. The van der Waals surface area contributed by atoms with Gasteiger partial charge in [0.1, 0.15) is 6.04 Å². The number of carboxylic acid groups (broad SMARTS) is 1. The molecule has 0 aliphatic carbocycles. The van der Waals surface area contributed by atoms with Crippen molar-refractivity contribution in [2.45, 2.75) is 26.3 Å². The third-order valence-electron chi connectivity index (χ3n) is 1.54. The first-order valence-electron chi connectivity index (χ1n) is 3.08. The molecule has 3 N–H and O–H groups in total. The van der Waals surface area contributed by atoms with E-state index in [4.69, 9.17) is 10.8 Å². The minimum atomic E-state index is -0.913. The van der Waals surface area contributed by atoms with Crippen LogP contribution < -0.4 is 24.6 Å². The summed E-state index contributed by atoms with van der Waals surface area (Å²) in [5.41, 5.74) is 5.27. The molecule has 0 bridgehead atoms. The van der Waals surface area contributed by atoms with Gasteiger partial charge in [-0.1, -0.05) is 20.3 Å². The van der Waals surface area contributed by atoms with Crippen molar-refractivity contribution in [3.63, 3.8) is 0 Å². The predicted octanol–water partition coefficient (Wildman–Crippen LogP) is -2.44. The second-order valence-corrected chi connectivity index (χ2v) is 2.25. The third-order valence-corrected chi connectivity index (χ3v) is 1.54. The Labute approximate surface area is 74.6 Å². The summed E-state index contributed by atoms with van der Waals surface area (Å²) in [6.07, 6.45) is 0.813. The van der Waals surface area contributed by atoms with Crippen LogP contribution >= 0.6 is 0 Å². The van der Waals surface area contributed by atoms with E-state index in [-0.39, 0.29) is 26.2 Å². The number of hydrogen-bond acceptors (Lipinski definition) is 2. The van der Waals surface area contributed by atoms with Gasteiger partial charge in [-0.05, 0) is 5.92 Å². The molecule has 0 saturated heterocycles. The van der Waals surface area contributed by atoms with Crippen molar-refractivity contribution >= 4 is 5.97 Å². The third kappa shape index (κ3) is 3.94. The first-order valence-corrected chi connectivity index (χ1v) is 3.08. The van der Waals surface area contributed by atoms with Gasteiger partial charge in [-0.25, -0.2) is 0 Å². The van der Waals surface area contributed by atoms with Crippen LogP contribution in [0.1, 0.15) is 21.7 Å². The zero-order chi connectivity index (χ0) is 7.44. The van der Waals surface area contributed by atoms with Crippen LogP contribution in [0.15, 0.2) is 0 Å². The van der Waals surface area contributed by atoms with Crippen molar-refractivity contribution in [1.82, 2.24) is 0 Å². The number of hydrogen-bond donors (Lipinski definition) is 2. The van der Waals surface area contributed by atoms with Crippen LogP contribution in [0.5, 0.6) is 0 Å². The second kappa shape index (κ2) is 5.79. The van der Waals surface area contributed by atoms with E-state index < -0.39 is 12.0 Å². The Morgan fingerprint density at radius 1 is 1.80 bits per heavy atom. The van der Waals surface area contributed by atoms with E-state index >= 15 is 0 Å². The topological polar surface area (TPSA) is 63.3 Å². The molecule has 0 aromatic carbocycles. The molecule has 0 aliphatic rings. The van der Waals surface area contributed by atoms with Crippen molar-refractivity contribution in [2.24, 2.45) is 11.7 Å². The molecule has 10 heavy (non-hydrogen) atoms. The van der Waals surface area contributed by atoms with E-state index in [9.17, 15) is 4.79 Å². The summed E-state index contributed by atoms with van der Waals surface area (Å²) in [5, 5.41) is 8.36. The predicted molar refractivity (Wildman–Crippen MR) is 36.2 cm³/mol. The van der Waals surface area contributed by atoms with Crippen molar-refractivity contribution in [1.29, 1.82) is 0 Å². The molecule has 0 saturated carbocycles. The fourth-order valence-electron chi connectivity index (χ4n) is 0.497. The summed E-state index contributed by atoms with van der Waals surface area (Å²) >= 11 is 0. The molecule has 0 aromatic heterocycles. The van der Waals surface area contributed by atoms with E-state index in [0.29, 0.717) is 0 Å². The van der Waals surface area contributed by atoms with Crippen LogP contribution in [0.2, 0.25) is 0 Å². The summed E-state index contributed by atoms with van der Waals surface area (Å²) in [6, 6.07) is -0.699. The van der Waals surface area contributed by atoms with Gasteiger partial charge in [0.2, 0.25) is 0 Å². The molecule has 3 nitrogen and oxygen atoms in total. The maximum atomic E-state index is 10.2. The first kappa shape index (κ1) is 12.7. The van der Waals surface area contributed by atoms with Gasteiger partial charge in [-0.15, -0.1) is 0 Å². The van der Waals surface area contributed by atoms with E-state index in [2.05, 4.69) is 0 Å². The van der Waals surface area contributed by atoms with Crippen molar-refractivity contribution < 1.29 is 30.2 Å². The average molecular weight is 139 g/mol. The zero-order valence-corrected chi connectivity index (χ0v) is 6.79. The van der Waals surface area contributed by atoms with Gasteiger partial charge in [-0.3, -0.25) is 4.79 Å². The summed E-state index contributed by atoms with van der Waals surface area (Å²) < 4.78 is 0. The van der Waals surface area contributed by atoms with Crippen LogP contribution in [0, 0.1) is 5.92 Å². The Bertz CT molecular complexity index is 113. The van der Waals surface area contributed by atoms with Crippen molar-refractivity contribution in [2.75, 3.05) is 0 Å². The molecule has 2 atom stereocenters. The molecule has 0 fully saturated rings. The Kier molecular flexibility index (Phi) is 7.34. The molecule has 0 spiro atoms. The first-order chi connectivity index (χ1) is 4.09. The monoisotopic (exact) mass is 139 g/mol. The number of rotatable bonds is 3. The summed E-state index contributed by atoms with van der Waals surface area (Å²) in [4.78, 5) is 10.2. The molecular formula is C6H14LiNO2. The van der Waals surface area contributed by atoms with E-state index in [1.165, 1.54) is 0 Å². The SMILES string of the molecule is CC[C@H](C)[C@H](N)C(=O)O.[H-].[Li+]. The largest absolute Gasteiger partial charge is 1.00 e. The molecule has 56 valence electrons. The number of nitrogens with two attached hydrogens (primary N) is 1. The van der Waals surface area contributed by atoms with Crippen molar-refractivity contribution in [3.8, 4) is 0 Å². The van der Waals surface area contributed by atoms with Gasteiger partial charge in [0.25, 0.3) is 0 Å². The second-order valence-electron chi connectivity index (χ2n) is 2.25. The number of carboxylic acids is 1. The van der Waals surface area contributed by atoms with Crippen LogP contribution in [-0.2, 0) is 4.79 Å². The molecular weight excluding hydrogens is 125 g/mol. The normalized spacial score (nSPS) is 15.1.